The van der Waals surface area contributed by atoms with Crippen molar-refractivity contribution in [2.45, 2.75) is 49.0 Å². The third-order valence-electron chi connectivity index (χ3n) is 3.61. The van der Waals surface area contributed by atoms with Gasteiger partial charge in [0.1, 0.15) is 0 Å². The normalized spacial score (nSPS) is 29.4. The van der Waals surface area contributed by atoms with E-state index in [0.29, 0.717) is 11.3 Å². The fourth-order valence-electron chi connectivity index (χ4n) is 2.31. The van der Waals surface area contributed by atoms with Crippen LogP contribution in [0.25, 0.3) is 0 Å². The van der Waals surface area contributed by atoms with Crippen LogP contribution >= 0.6 is 23.5 Å². The van der Waals surface area contributed by atoms with E-state index in [1.807, 2.05) is 17.9 Å². The smallest absolute Gasteiger partial charge is 0.0805 e. The topological polar surface area (TPSA) is 29.9 Å². The maximum atomic E-state index is 4.61. The average molecular weight is 300 g/mol. The summed E-state index contributed by atoms with van der Waals surface area (Å²) in [7, 11) is 1.99. The molecule has 2 rings (SSSR count). The van der Waals surface area contributed by atoms with E-state index in [1.54, 1.807) is 0 Å². The zero-order valence-electron chi connectivity index (χ0n) is 12.3. The summed E-state index contributed by atoms with van der Waals surface area (Å²) >= 11 is 4.23. The van der Waals surface area contributed by atoms with Crippen LogP contribution in [0.5, 0.6) is 0 Å². The second-order valence-electron chi connectivity index (χ2n) is 5.26. The molecule has 1 saturated heterocycles. The second kappa shape index (κ2) is 7.04. The first-order valence-corrected chi connectivity index (χ1v) is 9.11. The lowest BCUT2D eigenvalue weighted by molar-refractivity contribution is 0.510. The monoisotopic (exact) mass is 299 g/mol. The summed E-state index contributed by atoms with van der Waals surface area (Å²) in [4.78, 5) is 0. The van der Waals surface area contributed by atoms with Gasteiger partial charge >= 0.3 is 0 Å². The highest BCUT2D eigenvalue weighted by molar-refractivity contribution is 8.07. The minimum absolute atomic E-state index is 0.383. The van der Waals surface area contributed by atoms with E-state index in [1.165, 1.54) is 17.9 Å². The molecule has 1 aliphatic rings. The molecule has 0 radical (unpaired) electrons. The van der Waals surface area contributed by atoms with E-state index in [9.17, 15) is 0 Å². The Morgan fingerprint density at radius 3 is 2.84 bits per heavy atom. The predicted molar refractivity (Wildman–Crippen MR) is 87.0 cm³/mol. The molecule has 0 aromatic carbocycles. The minimum Gasteiger partial charge on any atom is -0.308 e. The molecule has 5 heteroatoms. The maximum Gasteiger partial charge on any atom is 0.0805 e. The molecule has 0 bridgehead atoms. The molecule has 1 aromatic heterocycles. The molecule has 1 aliphatic heterocycles. The first-order chi connectivity index (χ1) is 9.11. The quantitative estimate of drug-likeness (QED) is 0.905. The van der Waals surface area contributed by atoms with Crippen LogP contribution < -0.4 is 5.32 Å². The van der Waals surface area contributed by atoms with E-state index < -0.39 is 0 Å². The fourth-order valence-corrected chi connectivity index (χ4v) is 5.41. The summed E-state index contributed by atoms with van der Waals surface area (Å²) in [6.45, 7) is 7.97. The van der Waals surface area contributed by atoms with Crippen LogP contribution in [0.4, 0.5) is 0 Å². The standard InChI is InChI=1S/C14H25N3S2/c1-5-7-15-14(12-6-8-17(4)16-12)13-9-18-10(2)11(3)19-13/h6,8,10-11,13-15H,5,7,9H2,1-4H3. The Balaban J connectivity index is 2.09. The molecule has 1 N–H and O–H groups in total. The first-order valence-electron chi connectivity index (χ1n) is 7.11. The van der Waals surface area contributed by atoms with Crippen molar-refractivity contribution < 1.29 is 0 Å². The van der Waals surface area contributed by atoms with Crippen molar-refractivity contribution in [3.05, 3.63) is 18.0 Å². The van der Waals surface area contributed by atoms with E-state index in [-0.39, 0.29) is 0 Å². The van der Waals surface area contributed by atoms with Gasteiger partial charge in [0, 0.05) is 34.7 Å². The van der Waals surface area contributed by atoms with E-state index in [0.717, 1.165) is 17.0 Å². The molecule has 108 valence electrons. The van der Waals surface area contributed by atoms with Gasteiger partial charge in [0.05, 0.1) is 11.7 Å². The Hall–Kier alpha value is -0.130. The van der Waals surface area contributed by atoms with Crippen molar-refractivity contribution >= 4 is 23.5 Å². The number of aryl methyl sites for hydroxylation is 1. The molecule has 2 heterocycles. The zero-order chi connectivity index (χ0) is 13.8. The molecule has 4 atom stereocenters. The largest absolute Gasteiger partial charge is 0.308 e. The zero-order valence-corrected chi connectivity index (χ0v) is 13.9. The second-order valence-corrected chi connectivity index (χ2v) is 8.30. The van der Waals surface area contributed by atoms with E-state index in [4.69, 9.17) is 0 Å². The van der Waals surface area contributed by atoms with Crippen LogP contribution in [0.3, 0.4) is 0 Å². The fraction of sp³-hybridized carbons (Fsp3) is 0.786. The van der Waals surface area contributed by atoms with Gasteiger partial charge in [-0.1, -0.05) is 20.8 Å². The first kappa shape index (κ1) is 15.3. The SMILES string of the molecule is CCCNC(c1ccn(C)n1)C1CSC(C)C(C)S1. The molecule has 3 nitrogen and oxygen atoms in total. The van der Waals surface area contributed by atoms with Gasteiger partial charge in [0.2, 0.25) is 0 Å². The summed E-state index contributed by atoms with van der Waals surface area (Å²) in [5, 5.41) is 10.4. The molecule has 0 aliphatic carbocycles. The highest BCUT2D eigenvalue weighted by atomic mass is 32.2. The number of nitrogens with zero attached hydrogens (tertiary/aromatic N) is 2. The third-order valence-corrected chi connectivity index (χ3v) is 7.11. The summed E-state index contributed by atoms with van der Waals surface area (Å²) in [6.07, 6.45) is 3.21. The number of rotatable bonds is 5. The summed E-state index contributed by atoms with van der Waals surface area (Å²) in [5.41, 5.74) is 1.19. The van der Waals surface area contributed by atoms with Crippen LogP contribution in [0, 0.1) is 0 Å². The average Bonchev–Trinajstić information content (AvgIpc) is 2.80. The van der Waals surface area contributed by atoms with E-state index >= 15 is 0 Å². The number of nitrogens with one attached hydrogen (secondary N) is 1. The Kier molecular flexibility index (Phi) is 5.66. The molecule has 0 amide bonds. The maximum absolute atomic E-state index is 4.61. The third kappa shape index (κ3) is 3.92. The predicted octanol–water partition coefficient (Wildman–Crippen LogP) is 3.09. The van der Waals surface area contributed by atoms with Crippen molar-refractivity contribution in [3.8, 4) is 0 Å². The lowest BCUT2D eigenvalue weighted by atomic mass is 10.1. The number of thioether (sulfide) groups is 2. The molecule has 0 saturated carbocycles. The molecule has 1 aromatic rings. The van der Waals surface area contributed by atoms with Gasteiger partial charge in [0.25, 0.3) is 0 Å². The van der Waals surface area contributed by atoms with E-state index in [2.05, 4.69) is 60.8 Å². The van der Waals surface area contributed by atoms with Gasteiger partial charge in [0.15, 0.2) is 0 Å². The molecule has 1 fully saturated rings. The molecular weight excluding hydrogens is 274 g/mol. The van der Waals surface area contributed by atoms with Gasteiger partial charge < -0.3 is 5.32 Å². The number of hydrogen-bond acceptors (Lipinski definition) is 4. The molecule has 19 heavy (non-hydrogen) atoms. The van der Waals surface area contributed by atoms with Crippen molar-refractivity contribution in [3.63, 3.8) is 0 Å². The van der Waals surface area contributed by atoms with Gasteiger partial charge in [-0.15, -0.1) is 0 Å². The Morgan fingerprint density at radius 2 is 2.26 bits per heavy atom. The molecule has 4 unspecified atom stereocenters. The lowest BCUT2D eigenvalue weighted by Crippen LogP contribution is -2.37. The van der Waals surface area contributed by atoms with Crippen LogP contribution in [0.2, 0.25) is 0 Å². The molecular formula is C14H25N3S2. The molecule has 0 spiro atoms. The summed E-state index contributed by atoms with van der Waals surface area (Å²) < 4.78 is 1.91. The Labute approximate surface area is 125 Å². The number of hydrogen-bond donors (Lipinski definition) is 1. The Morgan fingerprint density at radius 1 is 1.47 bits per heavy atom. The van der Waals surface area contributed by atoms with Crippen LogP contribution in [0.1, 0.15) is 38.9 Å². The van der Waals surface area contributed by atoms with Crippen LogP contribution in [0.15, 0.2) is 12.3 Å². The van der Waals surface area contributed by atoms with Crippen LogP contribution in [-0.2, 0) is 7.05 Å². The van der Waals surface area contributed by atoms with Gasteiger partial charge in [-0.3, -0.25) is 4.68 Å². The van der Waals surface area contributed by atoms with Crippen molar-refractivity contribution in [1.82, 2.24) is 15.1 Å². The summed E-state index contributed by atoms with van der Waals surface area (Å²) in [6, 6.07) is 2.54. The highest BCUT2D eigenvalue weighted by Gasteiger charge is 2.32. The number of aromatic nitrogens is 2. The van der Waals surface area contributed by atoms with Crippen LogP contribution in [-0.4, -0.2) is 37.8 Å². The van der Waals surface area contributed by atoms with Crippen molar-refractivity contribution in [1.29, 1.82) is 0 Å². The highest BCUT2D eigenvalue weighted by Crippen LogP contribution is 2.40. The summed E-state index contributed by atoms with van der Waals surface area (Å²) in [5.74, 6) is 1.22. The van der Waals surface area contributed by atoms with Gasteiger partial charge in [-0.2, -0.15) is 28.6 Å². The van der Waals surface area contributed by atoms with Crippen molar-refractivity contribution in [2.24, 2.45) is 7.05 Å². The Bertz CT molecular complexity index is 394. The van der Waals surface area contributed by atoms with Gasteiger partial charge in [-0.05, 0) is 19.0 Å². The minimum atomic E-state index is 0.383. The van der Waals surface area contributed by atoms with Gasteiger partial charge in [-0.25, -0.2) is 0 Å². The van der Waals surface area contributed by atoms with Crippen molar-refractivity contribution in [2.75, 3.05) is 12.3 Å². The lowest BCUT2D eigenvalue weighted by Gasteiger charge is -2.35.